The molecule has 2 rings (SSSR count). The third-order valence-corrected chi connectivity index (χ3v) is 3.46. The van der Waals surface area contributed by atoms with Crippen molar-refractivity contribution in [3.8, 4) is 0 Å². The average Bonchev–Trinajstić information content (AvgIpc) is 2.87. The quantitative estimate of drug-likeness (QED) is 0.844. The van der Waals surface area contributed by atoms with E-state index in [2.05, 4.69) is 4.98 Å². The summed E-state index contributed by atoms with van der Waals surface area (Å²) in [5.41, 5.74) is 1.06. The fraction of sp³-hybridized carbons (Fsp3) is 0.400. The fourth-order valence-electron chi connectivity index (χ4n) is 2.12. The molecule has 21 heavy (non-hydrogen) atoms. The third-order valence-electron chi connectivity index (χ3n) is 3.46. The summed E-state index contributed by atoms with van der Waals surface area (Å²) in [6.45, 7) is 1.91. The maximum Gasteiger partial charge on any atom is 0.270 e. The minimum absolute atomic E-state index is 0.0990. The molecule has 0 spiro atoms. The number of nitrogens with zero attached hydrogens (tertiary/aromatic N) is 2. The summed E-state index contributed by atoms with van der Waals surface area (Å²) < 4.78 is 13.1. The smallest absolute Gasteiger partial charge is 0.270 e. The van der Waals surface area contributed by atoms with E-state index in [1.807, 2.05) is 11.9 Å². The van der Waals surface area contributed by atoms with Gasteiger partial charge >= 0.3 is 0 Å². The van der Waals surface area contributed by atoms with Crippen molar-refractivity contribution in [3.05, 3.63) is 35.8 Å². The largest absolute Gasteiger partial charge is 0.395 e. The van der Waals surface area contributed by atoms with E-state index in [1.54, 1.807) is 24.1 Å². The van der Waals surface area contributed by atoms with E-state index in [0.717, 1.165) is 5.39 Å². The lowest BCUT2D eigenvalue weighted by Gasteiger charge is -2.21. The molecule has 1 heterocycles. The predicted octanol–water partition coefficient (Wildman–Crippen LogP) is 1.30. The van der Waals surface area contributed by atoms with Gasteiger partial charge in [0.1, 0.15) is 11.5 Å². The van der Waals surface area contributed by atoms with Gasteiger partial charge in [-0.2, -0.15) is 0 Å². The molecule has 1 amide bonds. The number of aliphatic hydroxyl groups excluding tert-OH is 1. The molecule has 0 atom stereocenters. The Kier molecular flexibility index (Phi) is 4.93. The van der Waals surface area contributed by atoms with E-state index in [4.69, 9.17) is 5.11 Å². The highest BCUT2D eigenvalue weighted by Gasteiger charge is 2.15. The van der Waals surface area contributed by atoms with E-state index in [1.165, 1.54) is 12.1 Å². The molecule has 114 valence electrons. The first-order valence-electron chi connectivity index (χ1n) is 6.84. The number of carbonyl (C=O) groups excluding carboxylic acids is 1. The molecule has 0 aliphatic rings. The van der Waals surface area contributed by atoms with Crippen LogP contribution >= 0.6 is 0 Å². The number of hydrogen-bond acceptors (Lipinski definition) is 3. The van der Waals surface area contributed by atoms with Crippen molar-refractivity contribution in [1.29, 1.82) is 0 Å². The van der Waals surface area contributed by atoms with Gasteiger partial charge in [-0.05, 0) is 31.3 Å². The zero-order valence-corrected chi connectivity index (χ0v) is 12.3. The van der Waals surface area contributed by atoms with Crippen LogP contribution in [0.15, 0.2) is 24.3 Å². The van der Waals surface area contributed by atoms with E-state index >= 15 is 0 Å². The number of aromatic amines is 1. The highest BCUT2D eigenvalue weighted by atomic mass is 19.1. The highest BCUT2D eigenvalue weighted by Crippen LogP contribution is 2.17. The van der Waals surface area contributed by atoms with Crippen LogP contribution < -0.4 is 0 Å². The zero-order chi connectivity index (χ0) is 15.4. The Morgan fingerprint density at radius 3 is 2.71 bits per heavy atom. The van der Waals surface area contributed by atoms with Gasteiger partial charge in [-0.1, -0.05) is 0 Å². The molecule has 0 saturated carbocycles. The van der Waals surface area contributed by atoms with Gasteiger partial charge in [-0.3, -0.25) is 4.79 Å². The van der Waals surface area contributed by atoms with Gasteiger partial charge in [0.25, 0.3) is 5.91 Å². The second kappa shape index (κ2) is 6.69. The average molecular weight is 293 g/mol. The first kappa shape index (κ1) is 15.5. The summed E-state index contributed by atoms with van der Waals surface area (Å²) in [5.74, 6) is -0.466. The number of halogens is 1. The number of benzene rings is 1. The molecule has 0 radical (unpaired) electrons. The van der Waals surface area contributed by atoms with Crippen LogP contribution in [0.3, 0.4) is 0 Å². The van der Waals surface area contributed by atoms with Crippen molar-refractivity contribution < 1.29 is 14.3 Å². The Morgan fingerprint density at radius 1 is 1.24 bits per heavy atom. The number of nitrogens with one attached hydrogen (secondary N) is 1. The Balaban J connectivity index is 2.03. The first-order chi connectivity index (χ1) is 10.0. The Bertz CT molecular complexity index is 626. The molecule has 5 nitrogen and oxygen atoms in total. The molecule has 1 aromatic heterocycles. The number of fused-ring (bicyclic) bond motifs is 1. The Hall–Kier alpha value is -1.92. The van der Waals surface area contributed by atoms with Crippen LogP contribution in [0.25, 0.3) is 10.9 Å². The van der Waals surface area contributed by atoms with Crippen molar-refractivity contribution in [3.63, 3.8) is 0 Å². The number of amides is 1. The van der Waals surface area contributed by atoms with Crippen LogP contribution in [-0.4, -0.2) is 66.1 Å². The SMILES string of the molecule is CN(CCO)CCN(C)C(=O)c1cc2ccc(F)cc2[nH]1. The van der Waals surface area contributed by atoms with E-state index in [9.17, 15) is 9.18 Å². The molecule has 0 saturated heterocycles. The summed E-state index contributed by atoms with van der Waals surface area (Å²) in [6.07, 6.45) is 0. The third kappa shape index (κ3) is 3.80. The number of carbonyl (C=O) groups is 1. The second-order valence-corrected chi connectivity index (χ2v) is 5.17. The van der Waals surface area contributed by atoms with E-state index < -0.39 is 0 Å². The number of aromatic nitrogens is 1. The van der Waals surface area contributed by atoms with Crippen LogP contribution in [0.4, 0.5) is 4.39 Å². The topological polar surface area (TPSA) is 59.6 Å². The van der Waals surface area contributed by atoms with Gasteiger partial charge in [0.2, 0.25) is 0 Å². The molecule has 0 aliphatic carbocycles. The fourth-order valence-corrected chi connectivity index (χ4v) is 2.12. The van der Waals surface area contributed by atoms with Crippen LogP contribution in [-0.2, 0) is 0 Å². The van der Waals surface area contributed by atoms with Crippen LogP contribution in [0.2, 0.25) is 0 Å². The lowest BCUT2D eigenvalue weighted by atomic mass is 10.2. The Labute approximate surface area is 123 Å². The molecule has 6 heteroatoms. The lowest BCUT2D eigenvalue weighted by molar-refractivity contribution is 0.0775. The van der Waals surface area contributed by atoms with Gasteiger partial charge in [-0.15, -0.1) is 0 Å². The van der Waals surface area contributed by atoms with Gasteiger partial charge in [0, 0.05) is 37.6 Å². The van der Waals surface area contributed by atoms with Gasteiger partial charge in [-0.25, -0.2) is 4.39 Å². The minimum atomic E-state index is -0.331. The van der Waals surface area contributed by atoms with Gasteiger partial charge < -0.3 is 19.9 Å². The summed E-state index contributed by atoms with van der Waals surface area (Å²) >= 11 is 0. The highest BCUT2D eigenvalue weighted by molar-refractivity contribution is 5.97. The molecule has 2 N–H and O–H groups in total. The monoisotopic (exact) mass is 293 g/mol. The maximum atomic E-state index is 13.1. The molecule has 2 aromatic rings. The molecule has 0 bridgehead atoms. The standard InChI is InChI=1S/C15H20FN3O2/c1-18(7-8-20)5-6-19(2)15(21)14-9-11-3-4-12(16)10-13(11)17-14/h3-4,9-10,17,20H,5-8H2,1-2H3. The first-order valence-corrected chi connectivity index (χ1v) is 6.84. The molecule has 0 aliphatic heterocycles. The molecular weight excluding hydrogens is 273 g/mol. The summed E-state index contributed by atoms with van der Waals surface area (Å²) in [4.78, 5) is 18.8. The van der Waals surface area contributed by atoms with Crippen molar-refractivity contribution in [2.75, 3.05) is 40.3 Å². The van der Waals surface area contributed by atoms with Crippen molar-refractivity contribution >= 4 is 16.8 Å². The Morgan fingerprint density at radius 2 is 2.00 bits per heavy atom. The van der Waals surface area contributed by atoms with Gasteiger partial charge in [0.15, 0.2) is 0 Å². The van der Waals surface area contributed by atoms with Crippen LogP contribution in [0.1, 0.15) is 10.5 Å². The number of likely N-dealkylation sites (N-methyl/N-ethyl adjacent to an activating group) is 2. The molecule has 0 fully saturated rings. The summed E-state index contributed by atoms with van der Waals surface area (Å²) in [5, 5.41) is 9.64. The minimum Gasteiger partial charge on any atom is -0.395 e. The molecule has 1 aromatic carbocycles. The lowest BCUT2D eigenvalue weighted by Crippen LogP contribution is -2.35. The number of aliphatic hydroxyl groups is 1. The van der Waals surface area contributed by atoms with Crippen molar-refractivity contribution in [2.24, 2.45) is 0 Å². The zero-order valence-electron chi connectivity index (χ0n) is 12.3. The van der Waals surface area contributed by atoms with E-state index in [0.29, 0.717) is 30.8 Å². The normalized spacial score (nSPS) is 11.3. The molecular formula is C15H20FN3O2. The molecule has 0 unspecified atom stereocenters. The van der Waals surface area contributed by atoms with Crippen LogP contribution in [0, 0.1) is 5.82 Å². The summed E-state index contributed by atoms with van der Waals surface area (Å²) in [6, 6.07) is 6.12. The predicted molar refractivity (Wildman–Crippen MR) is 79.8 cm³/mol. The summed E-state index contributed by atoms with van der Waals surface area (Å²) in [7, 11) is 3.61. The number of rotatable bonds is 6. The van der Waals surface area contributed by atoms with Crippen LogP contribution in [0.5, 0.6) is 0 Å². The van der Waals surface area contributed by atoms with Gasteiger partial charge in [0.05, 0.1) is 6.61 Å². The maximum absolute atomic E-state index is 13.1. The van der Waals surface area contributed by atoms with Crippen molar-refractivity contribution in [2.45, 2.75) is 0 Å². The second-order valence-electron chi connectivity index (χ2n) is 5.17. The number of H-pyrrole nitrogens is 1. The number of hydrogen-bond donors (Lipinski definition) is 2. The van der Waals surface area contributed by atoms with Crippen molar-refractivity contribution in [1.82, 2.24) is 14.8 Å². The van der Waals surface area contributed by atoms with E-state index in [-0.39, 0.29) is 18.3 Å².